The van der Waals surface area contributed by atoms with Crippen LogP contribution >= 0.6 is 11.3 Å². The number of nitro benzene ring substituents is 1. The molecule has 106 valence electrons. The smallest absolute Gasteiger partial charge is 0.269 e. The molecule has 0 atom stereocenters. The van der Waals surface area contributed by atoms with Crippen LogP contribution in [0.5, 0.6) is 0 Å². The van der Waals surface area contributed by atoms with Crippen LogP contribution in [0.3, 0.4) is 0 Å². The lowest BCUT2D eigenvalue weighted by Gasteiger charge is -2.02. The second kappa shape index (κ2) is 6.65. The number of carbonyl (C=O) groups is 1. The van der Waals surface area contributed by atoms with E-state index in [4.69, 9.17) is 5.73 Å². The summed E-state index contributed by atoms with van der Waals surface area (Å²) in [6.07, 6.45) is 0. The summed E-state index contributed by atoms with van der Waals surface area (Å²) in [5.41, 5.74) is 5.75. The Morgan fingerprint density at radius 2 is 2.00 bits per heavy atom. The third kappa shape index (κ3) is 3.89. The molecule has 0 unspecified atom stereocenters. The lowest BCUT2D eigenvalue weighted by Crippen LogP contribution is -2.09. The highest BCUT2D eigenvalue weighted by Crippen LogP contribution is 2.19. The van der Waals surface area contributed by atoms with Crippen molar-refractivity contribution in [2.24, 2.45) is 5.73 Å². The van der Waals surface area contributed by atoms with Gasteiger partial charge >= 0.3 is 0 Å². The number of nitrogens with zero attached hydrogens (tertiary/aromatic N) is 1. The molecular weight excluding hydrogens is 290 g/mol. The van der Waals surface area contributed by atoms with Gasteiger partial charge in [0.25, 0.3) is 11.6 Å². The Bertz CT molecular complexity index is 726. The number of anilines is 1. The van der Waals surface area contributed by atoms with E-state index in [0.29, 0.717) is 10.6 Å². The van der Waals surface area contributed by atoms with Gasteiger partial charge in [-0.2, -0.15) is 0 Å². The quantitative estimate of drug-likeness (QED) is 0.516. The number of nitrogens with one attached hydrogen (secondary N) is 1. The van der Waals surface area contributed by atoms with Crippen LogP contribution in [-0.4, -0.2) is 17.4 Å². The predicted molar refractivity (Wildman–Crippen MR) is 81.3 cm³/mol. The molecule has 0 saturated heterocycles. The summed E-state index contributed by atoms with van der Waals surface area (Å²) in [7, 11) is 0. The van der Waals surface area contributed by atoms with Crippen molar-refractivity contribution >= 4 is 28.6 Å². The molecule has 21 heavy (non-hydrogen) atoms. The first-order chi connectivity index (χ1) is 10.1. The summed E-state index contributed by atoms with van der Waals surface area (Å²) in [6.45, 7) is 0.266. The van der Waals surface area contributed by atoms with Gasteiger partial charge in [0, 0.05) is 17.8 Å². The molecule has 0 spiro atoms. The zero-order valence-electron chi connectivity index (χ0n) is 10.8. The number of hydrogen-bond acceptors (Lipinski definition) is 5. The van der Waals surface area contributed by atoms with E-state index in [2.05, 4.69) is 17.2 Å². The maximum Gasteiger partial charge on any atom is 0.269 e. The van der Waals surface area contributed by atoms with Gasteiger partial charge in [0.05, 0.1) is 21.2 Å². The van der Waals surface area contributed by atoms with Crippen LogP contribution in [-0.2, 0) is 0 Å². The summed E-state index contributed by atoms with van der Waals surface area (Å²) in [6, 6.07) is 9.06. The van der Waals surface area contributed by atoms with Crippen LogP contribution in [0.2, 0.25) is 0 Å². The standard InChI is InChI=1S/C14H11N3O3S/c15-9-1-2-12-7-8-13(21-12)14(18)16-10-3-5-11(6-4-10)17(19)20/h3-8H,9,15H2,(H,16,18). The Hall–Kier alpha value is -2.69. The van der Waals surface area contributed by atoms with Gasteiger partial charge in [-0.3, -0.25) is 14.9 Å². The molecule has 0 aliphatic heterocycles. The minimum absolute atomic E-state index is 0.0246. The van der Waals surface area contributed by atoms with Crippen molar-refractivity contribution in [2.45, 2.75) is 0 Å². The predicted octanol–water partition coefficient (Wildman–Crippen LogP) is 2.22. The van der Waals surface area contributed by atoms with Crippen molar-refractivity contribution in [2.75, 3.05) is 11.9 Å². The maximum absolute atomic E-state index is 12.0. The summed E-state index contributed by atoms with van der Waals surface area (Å²) in [4.78, 5) is 23.3. The van der Waals surface area contributed by atoms with Crippen LogP contribution in [0.1, 0.15) is 14.5 Å². The van der Waals surface area contributed by atoms with E-state index in [0.717, 1.165) is 4.88 Å². The molecule has 0 bridgehead atoms. The molecule has 1 aromatic heterocycles. The van der Waals surface area contributed by atoms with E-state index < -0.39 is 4.92 Å². The van der Waals surface area contributed by atoms with Gasteiger partial charge in [0.15, 0.2) is 0 Å². The summed E-state index contributed by atoms with van der Waals surface area (Å²) >= 11 is 1.26. The minimum Gasteiger partial charge on any atom is -0.321 e. The third-order valence-corrected chi connectivity index (χ3v) is 3.48. The lowest BCUT2D eigenvalue weighted by molar-refractivity contribution is -0.384. The van der Waals surface area contributed by atoms with Crippen molar-refractivity contribution in [3.63, 3.8) is 0 Å². The molecule has 7 heteroatoms. The number of nitrogens with two attached hydrogens (primary N) is 1. The highest BCUT2D eigenvalue weighted by atomic mass is 32.1. The second-order valence-electron chi connectivity index (χ2n) is 3.93. The fraction of sp³-hybridized carbons (Fsp3) is 0.0714. The van der Waals surface area contributed by atoms with E-state index in [-0.39, 0.29) is 18.1 Å². The number of nitro groups is 1. The first-order valence-electron chi connectivity index (χ1n) is 5.94. The Kier molecular flexibility index (Phi) is 4.66. The van der Waals surface area contributed by atoms with Gasteiger partial charge < -0.3 is 11.1 Å². The average Bonchev–Trinajstić information content (AvgIpc) is 2.94. The second-order valence-corrected chi connectivity index (χ2v) is 5.01. The number of rotatable bonds is 3. The number of non-ortho nitro benzene ring substituents is 1. The fourth-order valence-corrected chi connectivity index (χ4v) is 2.30. The zero-order chi connectivity index (χ0) is 15.2. The fourth-order valence-electron chi connectivity index (χ4n) is 1.52. The zero-order valence-corrected chi connectivity index (χ0v) is 11.6. The van der Waals surface area contributed by atoms with E-state index in [1.54, 1.807) is 12.1 Å². The molecule has 0 aliphatic rings. The molecular formula is C14H11N3O3S. The molecule has 0 saturated carbocycles. The van der Waals surface area contributed by atoms with Crippen molar-refractivity contribution in [3.05, 3.63) is 56.3 Å². The first-order valence-corrected chi connectivity index (χ1v) is 6.76. The molecule has 3 N–H and O–H groups in total. The highest BCUT2D eigenvalue weighted by Gasteiger charge is 2.10. The topological polar surface area (TPSA) is 98.3 Å². The number of hydrogen-bond donors (Lipinski definition) is 2. The van der Waals surface area contributed by atoms with Crippen LogP contribution < -0.4 is 11.1 Å². The van der Waals surface area contributed by atoms with Gasteiger partial charge in [0.2, 0.25) is 0 Å². The van der Waals surface area contributed by atoms with Crippen molar-refractivity contribution in [1.29, 1.82) is 0 Å². The summed E-state index contributed by atoms with van der Waals surface area (Å²) in [5, 5.41) is 13.2. The molecule has 1 aromatic carbocycles. The molecule has 0 fully saturated rings. The largest absolute Gasteiger partial charge is 0.321 e. The molecule has 0 aliphatic carbocycles. The first kappa shape index (κ1) is 14.7. The third-order valence-electron chi connectivity index (χ3n) is 2.48. The van der Waals surface area contributed by atoms with Crippen LogP contribution in [0.4, 0.5) is 11.4 Å². The summed E-state index contributed by atoms with van der Waals surface area (Å²) < 4.78 is 0. The van der Waals surface area contributed by atoms with E-state index in [1.165, 1.54) is 35.6 Å². The molecule has 2 aromatic rings. The number of carbonyl (C=O) groups excluding carboxylic acids is 1. The Morgan fingerprint density at radius 1 is 1.29 bits per heavy atom. The maximum atomic E-state index is 12.0. The van der Waals surface area contributed by atoms with Crippen molar-refractivity contribution in [3.8, 4) is 11.8 Å². The summed E-state index contributed by atoms with van der Waals surface area (Å²) in [5.74, 6) is 5.29. The van der Waals surface area contributed by atoms with E-state index in [9.17, 15) is 14.9 Å². The minimum atomic E-state index is -0.493. The number of amides is 1. The highest BCUT2D eigenvalue weighted by molar-refractivity contribution is 7.14. The van der Waals surface area contributed by atoms with Gasteiger partial charge in [-0.25, -0.2) is 0 Å². The van der Waals surface area contributed by atoms with Gasteiger partial charge in [0.1, 0.15) is 0 Å². The number of benzene rings is 1. The monoisotopic (exact) mass is 301 g/mol. The van der Waals surface area contributed by atoms with Gasteiger partial charge in [-0.1, -0.05) is 11.8 Å². The number of thiophene rings is 1. The molecule has 1 amide bonds. The molecule has 2 rings (SSSR count). The van der Waals surface area contributed by atoms with Crippen LogP contribution in [0.25, 0.3) is 0 Å². The lowest BCUT2D eigenvalue weighted by atomic mass is 10.3. The molecule has 6 nitrogen and oxygen atoms in total. The Morgan fingerprint density at radius 3 is 2.62 bits per heavy atom. The Labute approximate surface area is 124 Å². The van der Waals surface area contributed by atoms with Crippen molar-refractivity contribution < 1.29 is 9.72 Å². The normalized spacial score (nSPS) is 9.57. The SMILES string of the molecule is NCC#Cc1ccc(C(=O)Nc2ccc([N+](=O)[O-])cc2)s1. The van der Waals surface area contributed by atoms with Crippen molar-refractivity contribution in [1.82, 2.24) is 0 Å². The molecule has 1 heterocycles. The van der Waals surface area contributed by atoms with E-state index >= 15 is 0 Å². The van der Waals surface area contributed by atoms with Gasteiger partial charge in [-0.05, 0) is 24.3 Å². The Balaban J connectivity index is 2.07. The van der Waals surface area contributed by atoms with Crippen LogP contribution in [0, 0.1) is 22.0 Å². The average molecular weight is 301 g/mol. The molecule has 0 radical (unpaired) electrons. The van der Waals surface area contributed by atoms with E-state index in [1.807, 2.05) is 0 Å². The van der Waals surface area contributed by atoms with Gasteiger partial charge in [-0.15, -0.1) is 11.3 Å². The van der Waals surface area contributed by atoms with Crippen LogP contribution in [0.15, 0.2) is 36.4 Å².